The van der Waals surface area contributed by atoms with Gasteiger partial charge < -0.3 is 25.8 Å². The highest BCUT2D eigenvalue weighted by atomic mass is 16.5. The molecule has 0 unspecified atom stereocenters. The van der Waals surface area contributed by atoms with Crippen molar-refractivity contribution in [1.82, 2.24) is 15.5 Å². The molecule has 2 aromatic rings. The Labute approximate surface area is 249 Å². The maximum Gasteiger partial charge on any atom is 0.306 e. The Balaban J connectivity index is 1.23. The van der Waals surface area contributed by atoms with E-state index in [9.17, 15) is 28.8 Å². The third-order valence-corrected chi connectivity index (χ3v) is 7.56. The molecule has 43 heavy (non-hydrogen) atoms. The fourth-order valence-corrected chi connectivity index (χ4v) is 5.26. The van der Waals surface area contributed by atoms with Crippen molar-refractivity contribution in [2.45, 2.75) is 76.3 Å². The average Bonchev–Trinajstić information content (AvgIpc) is 3.26. The molecule has 4 N–H and O–H groups in total. The summed E-state index contributed by atoms with van der Waals surface area (Å²) in [5.74, 6) is -3.38. The van der Waals surface area contributed by atoms with Crippen molar-refractivity contribution >= 4 is 35.5 Å². The van der Waals surface area contributed by atoms with Gasteiger partial charge in [-0.1, -0.05) is 55.3 Å². The number of nitrogens with two attached hydrogens (primary N) is 1. The third kappa shape index (κ3) is 8.04. The van der Waals surface area contributed by atoms with Crippen molar-refractivity contribution in [2.75, 3.05) is 6.61 Å². The minimum Gasteiger partial charge on any atom is -0.461 e. The van der Waals surface area contributed by atoms with E-state index < -0.39 is 54.5 Å². The molecule has 5 amide bonds. The molecule has 1 aliphatic carbocycles. The first-order chi connectivity index (χ1) is 20.7. The lowest BCUT2D eigenvalue weighted by Gasteiger charge is -2.36. The number of rotatable bonds is 13. The standard InChI is InChI=1S/C31H36N4O8/c1-19(29(39)34-23(28(32)38)15-16-27(37)43-17-20-9-3-2-4-10-20)33-26(36)18-42-25-14-8-7-13-24(25)35-30(40)21-11-5-6-12-22(21)31(35)41/h2-6,9-12,19,23-25H,7-8,13-18H2,1H3,(H2,32,38)(H,33,36)(H,34,39)/t19-,23+,24+,25+/m0/s1. The van der Waals surface area contributed by atoms with E-state index in [4.69, 9.17) is 15.2 Å². The molecular weight excluding hydrogens is 556 g/mol. The number of hydrogen-bond donors (Lipinski definition) is 3. The van der Waals surface area contributed by atoms with Crippen molar-refractivity contribution in [1.29, 1.82) is 0 Å². The van der Waals surface area contributed by atoms with Gasteiger partial charge in [-0.2, -0.15) is 0 Å². The van der Waals surface area contributed by atoms with Crippen LogP contribution in [0.5, 0.6) is 0 Å². The van der Waals surface area contributed by atoms with Gasteiger partial charge in [0.05, 0.1) is 23.3 Å². The van der Waals surface area contributed by atoms with Gasteiger partial charge in [-0.3, -0.25) is 33.7 Å². The summed E-state index contributed by atoms with van der Waals surface area (Å²) >= 11 is 0. The van der Waals surface area contributed by atoms with Crippen LogP contribution in [0, 0.1) is 0 Å². The number of amides is 5. The fourth-order valence-electron chi connectivity index (χ4n) is 5.26. The SMILES string of the molecule is C[C@H](NC(=O)CO[C@@H]1CCCC[C@H]1N1C(=O)c2ccccc2C1=O)C(=O)N[C@H](CCC(=O)OCc1ccccc1)C(N)=O. The molecule has 0 aromatic heterocycles. The molecule has 12 nitrogen and oxygen atoms in total. The van der Waals surface area contributed by atoms with Crippen LogP contribution in [-0.4, -0.2) is 71.2 Å². The number of primary amides is 1. The van der Waals surface area contributed by atoms with Crippen LogP contribution in [0.1, 0.15) is 71.7 Å². The molecule has 1 heterocycles. The van der Waals surface area contributed by atoms with E-state index >= 15 is 0 Å². The summed E-state index contributed by atoms with van der Waals surface area (Å²) in [6.07, 6.45) is 2.00. The molecule has 12 heteroatoms. The predicted octanol–water partition coefficient (Wildman–Crippen LogP) is 1.61. The zero-order valence-electron chi connectivity index (χ0n) is 24.0. The number of carbonyl (C=O) groups excluding carboxylic acids is 6. The van der Waals surface area contributed by atoms with Gasteiger partial charge in [-0.15, -0.1) is 0 Å². The molecule has 1 fully saturated rings. The van der Waals surface area contributed by atoms with Gasteiger partial charge in [0.2, 0.25) is 17.7 Å². The van der Waals surface area contributed by atoms with Crippen LogP contribution in [0.4, 0.5) is 0 Å². The van der Waals surface area contributed by atoms with Crippen molar-refractivity contribution in [3.63, 3.8) is 0 Å². The Kier molecular flexibility index (Phi) is 10.6. The molecule has 2 aliphatic rings. The van der Waals surface area contributed by atoms with Crippen molar-refractivity contribution in [3.8, 4) is 0 Å². The summed E-state index contributed by atoms with van der Waals surface area (Å²) in [6, 6.07) is 13.1. The van der Waals surface area contributed by atoms with E-state index in [0.29, 0.717) is 24.0 Å². The van der Waals surface area contributed by atoms with E-state index in [1.165, 1.54) is 11.8 Å². The van der Waals surface area contributed by atoms with E-state index in [2.05, 4.69) is 10.6 Å². The van der Waals surface area contributed by atoms with Crippen LogP contribution >= 0.6 is 0 Å². The molecule has 228 valence electrons. The van der Waals surface area contributed by atoms with Crippen molar-refractivity contribution in [2.24, 2.45) is 5.73 Å². The first-order valence-corrected chi connectivity index (χ1v) is 14.3. The maximum atomic E-state index is 13.0. The number of hydrogen-bond acceptors (Lipinski definition) is 8. The van der Waals surface area contributed by atoms with Gasteiger partial charge in [-0.25, -0.2) is 0 Å². The second-order valence-electron chi connectivity index (χ2n) is 10.7. The second-order valence-corrected chi connectivity index (χ2v) is 10.7. The summed E-state index contributed by atoms with van der Waals surface area (Å²) < 4.78 is 11.1. The van der Waals surface area contributed by atoms with Crippen molar-refractivity contribution in [3.05, 3.63) is 71.3 Å². The Morgan fingerprint density at radius 3 is 2.21 bits per heavy atom. The lowest BCUT2D eigenvalue weighted by molar-refractivity contribution is -0.145. The smallest absolute Gasteiger partial charge is 0.306 e. The van der Waals surface area contributed by atoms with E-state index in [1.807, 2.05) is 30.3 Å². The predicted molar refractivity (Wildman–Crippen MR) is 153 cm³/mol. The summed E-state index contributed by atoms with van der Waals surface area (Å²) in [6.45, 7) is 1.12. The number of carbonyl (C=O) groups is 6. The van der Waals surface area contributed by atoms with Gasteiger partial charge in [0, 0.05) is 6.42 Å². The monoisotopic (exact) mass is 592 g/mol. The number of imide groups is 1. The van der Waals surface area contributed by atoms with E-state index in [1.54, 1.807) is 24.3 Å². The molecule has 0 saturated heterocycles. The molecule has 0 radical (unpaired) electrons. The quantitative estimate of drug-likeness (QED) is 0.232. The molecular formula is C31H36N4O8. The molecule has 2 aromatic carbocycles. The highest BCUT2D eigenvalue weighted by Gasteiger charge is 2.43. The summed E-state index contributed by atoms with van der Waals surface area (Å²) in [5.41, 5.74) is 6.94. The summed E-state index contributed by atoms with van der Waals surface area (Å²) in [4.78, 5) is 76.6. The minimum atomic E-state index is -1.14. The first kappa shape index (κ1) is 31.4. The van der Waals surface area contributed by atoms with Crippen LogP contribution in [0.3, 0.4) is 0 Å². The number of fused-ring (bicyclic) bond motifs is 1. The second kappa shape index (κ2) is 14.5. The van der Waals surface area contributed by atoms with Crippen LogP contribution in [0.25, 0.3) is 0 Å². The molecule has 1 saturated carbocycles. The van der Waals surface area contributed by atoms with Crippen LogP contribution < -0.4 is 16.4 Å². The first-order valence-electron chi connectivity index (χ1n) is 14.3. The summed E-state index contributed by atoms with van der Waals surface area (Å²) in [5, 5.41) is 4.98. The van der Waals surface area contributed by atoms with Crippen LogP contribution in [0.2, 0.25) is 0 Å². The fraction of sp³-hybridized carbons (Fsp3) is 0.419. The Morgan fingerprint density at radius 1 is 0.930 bits per heavy atom. The Hall–Kier alpha value is -4.58. The lowest BCUT2D eigenvalue weighted by atomic mass is 9.91. The molecule has 4 rings (SSSR count). The van der Waals surface area contributed by atoms with Crippen LogP contribution in [-0.2, 0) is 35.3 Å². The maximum absolute atomic E-state index is 13.0. The molecule has 4 atom stereocenters. The van der Waals surface area contributed by atoms with Crippen molar-refractivity contribution < 1.29 is 38.2 Å². The molecule has 0 bridgehead atoms. The van der Waals surface area contributed by atoms with Gasteiger partial charge in [0.1, 0.15) is 25.3 Å². The normalized spacial score (nSPS) is 19.2. The van der Waals surface area contributed by atoms with E-state index in [-0.39, 0.29) is 31.3 Å². The largest absolute Gasteiger partial charge is 0.461 e. The van der Waals surface area contributed by atoms with Gasteiger partial charge in [-0.05, 0) is 43.9 Å². The van der Waals surface area contributed by atoms with Gasteiger partial charge in [0.15, 0.2) is 0 Å². The highest BCUT2D eigenvalue weighted by molar-refractivity contribution is 6.21. The average molecular weight is 593 g/mol. The minimum absolute atomic E-state index is 0.0701. The number of esters is 1. The Bertz CT molecular complexity index is 1330. The third-order valence-electron chi connectivity index (χ3n) is 7.56. The lowest BCUT2D eigenvalue weighted by Crippen LogP contribution is -2.53. The molecule has 0 spiro atoms. The van der Waals surface area contributed by atoms with E-state index in [0.717, 1.165) is 18.4 Å². The Morgan fingerprint density at radius 2 is 1.56 bits per heavy atom. The van der Waals surface area contributed by atoms with Gasteiger partial charge >= 0.3 is 5.97 Å². The molecule has 1 aliphatic heterocycles. The summed E-state index contributed by atoms with van der Waals surface area (Å²) in [7, 11) is 0. The topological polar surface area (TPSA) is 174 Å². The number of nitrogens with one attached hydrogen (secondary N) is 2. The number of ether oxygens (including phenoxy) is 2. The van der Waals surface area contributed by atoms with Gasteiger partial charge in [0.25, 0.3) is 11.8 Å². The zero-order chi connectivity index (χ0) is 30.9. The van der Waals surface area contributed by atoms with Crippen LogP contribution in [0.15, 0.2) is 54.6 Å². The number of benzene rings is 2. The highest BCUT2D eigenvalue weighted by Crippen LogP contribution is 2.32. The zero-order valence-corrected chi connectivity index (χ0v) is 24.0. The number of nitrogens with zero attached hydrogens (tertiary/aromatic N) is 1.